The van der Waals surface area contributed by atoms with E-state index in [0.29, 0.717) is 32.8 Å². The van der Waals surface area contributed by atoms with Crippen molar-refractivity contribution in [2.24, 2.45) is 0 Å². The third-order valence-electron chi connectivity index (χ3n) is 2.24. The summed E-state index contributed by atoms with van der Waals surface area (Å²) in [6.45, 7) is 4.28. The van der Waals surface area contributed by atoms with E-state index in [2.05, 4.69) is 15.6 Å². The summed E-state index contributed by atoms with van der Waals surface area (Å²) in [6, 6.07) is -0.279. The van der Waals surface area contributed by atoms with Crippen LogP contribution in [0.25, 0.3) is 0 Å². The molecule has 2 amide bonds. The molecule has 1 aromatic rings. The summed E-state index contributed by atoms with van der Waals surface area (Å²) in [5.74, 6) is -1.07. The summed E-state index contributed by atoms with van der Waals surface area (Å²) in [4.78, 5) is 25.6. The van der Waals surface area contributed by atoms with Crippen LogP contribution in [0, 0.1) is 0 Å². The van der Waals surface area contributed by atoms with Crippen molar-refractivity contribution in [3.05, 3.63) is 18.2 Å². The molecule has 0 radical (unpaired) electrons. The first-order valence-electron chi connectivity index (χ1n) is 5.98. The highest BCUT2D eigenvalue weighted by Crippen LogP contribution is 1.95. The summed E-state index contributed by atoms with van der Waals surface area (Å²) < 4.78 is 6.67. The van der Waals surface area contributed by atoms with Gasteiger partial charge in [0.15, 0.2) is 5.69 Å². The third kappa shape index (κ3) is 5.87. The average Bonchev–Trinajstić information content (AvgIpc) is 2.84. The number of hydrogen-bond acceptors (Lipinski definition) is 4. The van der Waals surface area contributed by atoms with Crippen molar-refractivity contribution in [1.29, 1.82) is 0 Å². The molecule has 0 bridgehead atoms. The fourth-order valence-corrected chi connectivity index (χ4v) is 1.33. The van der Waals surface area contributed by atoms with Crippen LogP contribution in [-0.4, -0.2) is 53.0 Å². The number of amides is 2. The first-order chi connectivity index (χ1) is 9.13. The number of aromatic nitrogens is 2. The minimum atomic E-state index is -1.07. The summed E-state index contributed by atoms with van der Waals surface area (Å²) in [6.07, 6.45) is 2.83. The molecule has 8 nitrogen and oxygen atoms in total. The van der Waals surface area contributed by atoms with Crippen molar-refractivity contribution >= 4 is 12.0 Å². The molecule has 0 fully saturated rings. The molecule has 0 saturated heterocycles. The monoisotopic (exact) mass is 270 g/mol. The molecule has 106 valence electrons. The van der Waals surface area contributed by atoms with Crippen molar-refractivity contribution in [2.45, 2.75) is 13.5 Å². The van der Waals surface area contributed by atoms with Gasteiger partial charge in [0.2, 0.25) is 0 Å². The lowest BCUT2D eigenvalue weighted by Crippen LogP contribution is -2.38. The first kappa shape index (κ1) is 15.0. The lowest BCUT2D eigenvalue weighted by atomic mass is 10.5. The number of nitrogens with zero attached hydrogens (tertiary/aromatic N) is 2. The molecule has 0 saturated carbocycles. The summed E-state index contributed by atoms with van der Waals surface area (Å²) in [5.41, 5.74) is -0.0128. The largest absolute Gasteiger partial charge is 0.476 e. The molecular formula is C11H18N4O4. The van der Waals surface area contributed by atoms with Gasteiger partial charge in [-0.3, -0.25) is 0 Å². The zero-order chi connectivity index (χ0) is 14.1. The Kier molecular flexibility index (Phi) is 6.37. The molecule has 0 aromatic carbocycles. The van der Waals surface area contributed by atoms with Crippen LogP contribution in [0.2, 0.25) is 0 Å². The van der Waals surface area contributed by atoms with Crippen LogP contribution in [0.3, 0.4) is 0 Å². The van der Waals surface area contributed by atoms with Gasteiger partial charge in [0, 0.05) is 32.4 Å². The number of carbonyl (C=O) groups is 2. The maximum absolute atomic E-state index is 11.3. The highest BCUT2D eigenvalue weighted by Gasteiger charge is 2.06. The van der Waals surface area contributed by atoms with Gasteiger partial charge >= 0.3 is 12.0 Å². The summed E-state index contributed by atoms with van der Waals surface area (Å²) >= 11 is 0. The predicted octanol–water partition coefficient (Wildman–Crippen LogP) is -0.0830. The Hall–Kier alpha value is -2.09. The molecular weight excluding hydrogens is 252 g/mol. The van der Waals surface area contributed by atoms with E-state index in [1.54, 1.807) is 4.57 Å². The van der Waals surface area contributed by atoms with Crippen molar-refractivity contribution < 1.29 is 19.4 Å². The maximum atomic E-state index is 11.3. The number of carboxylic acids is 1. The first-order valence-corrected chi connectivity index (χ1v) is 5.98. The molecule has 0 aliphatic rings. The van der Waals surface area contributed by atoms with Crippen LogP contribution in [0.15, 0.2) is 12.5 Å². The number of aromatic carboxylic acids is 1. The Bertz CT molecular complexity index is 419. The standard InChI is InChI=1S/C11H18N4O4/c1-2-19-6-4-13-11(18)12-3-5-15-7-9(10(16)17)14-8-15/h7-8H,2-6H2,1H3,(H,16,17)(H2,12,13,18). The summed E-state index contributed by atoms with van der Waals surface area (Å²) in [5, 5.41) is 14.0. The van der Waals surface area contributed by atoms with E-state index in [1.807, 2.05) is 6.92 Å². The van der Waals surface area contributed by atoms with E-state index >= 15 is 0 Å². The third-order valence-corrected chi connectivity index (χ3v) is 2.24. The normalized spacial score (nSPS) is 10.2. The Balaban J connectivity index is 2.15. The lowest BCUT2D eigenvalue weighted by molar-refractivity contribution is 0.0691. The van der Waals surface area contributed by atoms with Gasteiger partial charge in [-0.25, -0.2) is 14.6 Å². The number of nitrogens with one attached hydrogen (secondary N) is 2. The SMILES string of the molecule is CCOCCNC(=O)NCCn1cnc(C(=O)O)c1. The van der Waals surface area contributed by atoms with Crippen molar-refractivity contribution in [2.75, 3.05) is 26.3 Å². The van der Waals surface area contributed by atoms with Crippen molar-refractivity contribution in [3.8, 4) is 0 Å². The topological polar surface area (TPSA) is 105 Å². The second kappa shape index (κ2) is 8.09. The number of imidazole rings is 1. The van der Waals surface area contributed by atoms with Crippen LogP contribution in [0.1, 0.15) is 17.4 Å². The molecule has 19 heavy (non-hydrogen) atoms. The van der Waals surface area contributed by atoms with Gasteiger partial charge in [-0.2, -0.15) is 0 Å². The van der Waals surface area contributed by atoms with E-state index in [1.165, 1.54) is 12.5 Å². The zero-order valence-corrected chi connectivity index (χ0v) is 10.8. The molecule has 0 atom stereocenters. The highest BCUT2D eigenvalue weighted by molar-refractivity contribution is 5.84. The number of ether oxygens (including phenoxy) is 1. The zero-order valence-electron chi connectivity index (χ0n) is 10.8. The fraction of sp³-hybridized carbons (Fsp3) is 0.545. The van der Waals surface area contributed by atoms with E-state index in [-0.39, 0.29) is 11.7 Å². The van der Waals surface area contributed by atoms with Gasteiger partial charge in [0.25, 0.3) is 0 Å². The van der Waals surface area contributed by atoms with Crippen LogP contribution in [0.5, 0.6) is 0 Å². The Morgan fingerprint density at radius 3 is 2.79 bits per heavy atom. The molecule has 1 heterocycles. The maximum Gasteiger partial charge on any atom is 0.356 e. The molecule has 8 heteroatoms. The van der Waals surface area contributed by atoms with Gasteiger partial charge in [0.1, 0.15) is 0 Å². The van der Waals surface area contributed by atoms with E-state index in [4.69, 9.17) is 9.84 Å². The van der Waals surface area contributed by atoms with Crippen molar-refractivity contribution in [1.82, 2.24) is 20.2 Å². The minimum Gasteiger partial charge on any atom is -0.476 e. The number of carboxylic acid groups (broad SMARTS) is 1. The Morgan fingerprint density at radius 2 is 2.16 bits per heavy atom. The molecule has 1 rings (SSSR count). The van der Waals surface area contributed by atoms with Gasteiger partial charge in [-0.1, -0.05) is 0 Å². The summed E-state index contributed by atoms with van der Waals surface area (Å²) in [7, 11) is 0. The predicted molar refractivity (Wildman–Crippen MR) is 67.1 cm³/mol. The highest BCUT2D eigenvalue weighted by atomic mass is 16.5. The molecule has 3 N–H and O–H groups in total. The fourth-order valence-electron chi connectivity index (χ4n) is 1.33. The number of urea groups is 1. The molecule has 1 aromatic heterocycles. The van der Waals surface area contributed by atoms with Gasteiger partial charge in [-0.15, -0.1) is 0 Å². The van der Waals surface area contributed by atoms with E-state index in [9.17, 15) is 9.59 Å². The molecule has 0 unspecified atom stereocenters. The van der Waals surface area contributed by atoms with Crippen LogP contribution < -0.4 is 10.6 Å². The Morgan fingerprint density at radius 1 is 1.42 bits per heavy atom. The van der Waals surface area contributed by atoms with E-state index < -0.39 is 5.97 Å². The number of rotatable bonds is 8. The quantitative estimate of drug-likeness (QED) is 0.573. The number of carbonyl (C=O) groups excluding carboxylic acids is 1. The lowest BCUT2D eigenvalue weighted by Gasteiger charge is -2.07. The minimum absolute atomic E-state index is 0.0128. The van der Waals surface area contributed by atoms with Crippen LogP contribution in [0.4, 0.5) is 4.79 Å². The van der Waals surface area contributed by atoms with Gasteiger partial charge in [-0.05, 0) is 6.92 Å². The Labute approximate surface area is 110 Å². The second-order valence-electron chi connectivity index (χ2n) is 3.68. The number of hydrogen-bond donors (Lipinski definition) is 3. The van der Waals surface area contributed by atoms with Crippen LogP contribution in [-0.2, 0) is 11.3 Å². The van der Waals surface area contributed by atoms with Gasteiger partial charge < -0.3 is 25.0 Å². The van der Waals surface area contributed by atoms with E-state index in [0.717, 1.165) is 0 Å². The second-order valence-corrected chi connectivity index (χ2v) is 3.68. The van der Waals surface area contributed by atoms with Crippen LogP contribution >= 0.6 is 0 Å². The average molecular weight is 270 g/mol. The molecule has 0 aliphatic heterocycles. The molecule has 0 spiro atoms. The van der Waals surface area contributed by atoms with Crippen molar-refractivity contribution in [3.63, 3.8) is 0 Å². The van der Waals surface area contributed by atoms with Gasteiger partial charge in [0.05, 0.1) is 12.9 Å². The smallest absolute Gasteiger partial charge is 0.356 e. The molecule has 0 aliphatic carbocycles.